The summed E-state index contributed by atoms with van der Waals surface area (Å²) >= 11 is 3.42. The molecular formula is C8H14BrCrO-. The first-order valence-corrected chi connectivity index (χ1v) is 4.53. The molecule has 0 aromatic rings. The molecule has 0 aliphatic heterocycles. The predicted octanol–water partition coefficient (Wildman–Crippen LogP) is 2.73. The van der Waals surface area contributed by atoms with Crippen LogP contribution in [0.25, 0.3) is 0 Å². The van der Waals surface area contributed by atoms with Crippen LogP contribution in [0.4, 0.5) is 0 Å². The zero-order valence-corrected chi connectivity index (χ0v) is 9.67. The Morgan fingerprint density at radius 2 is 2.18 bits per heavy atom. The zero-order chi connectivity index (χ0) is 7.98. The molecule has 1 atom stereocenters. The first-order valence-electron chi connectivity index (χ1n) is 3.62. The van der Waals surface area contributed by atoms with E-state index in [1.807, 2.05) is 0 Å². The summed E-state index contributed by atoms with van der Waals surface area (Å²) in [5.41, 5.74) is 0. The topological polar surface area (TPSA) is 17.1 Å². The first-order chi connectivity index (χ1) is 4.66. The maximum absolute atomic E-state index is 10.7. The standard InChI is InChI=1S/C8H14BrO.Cr/c1-3-8(10)6-4-5-7(2)9;/h7H,1,3-6H2,2H3;/q-1;. The van der Waals surface area contributed by atoms with Crippen LogP contribution >= 0.6 is 15.9 Å². The van der Waals surface area contributed by atoms with Crippen molar-refractivity contribution < 1.29 is 22.2 Å². The van der Waals surface area contributed by atoms with Gasteiger partial charge in [-0.15, -0.1) is 6.42 Å². The van der Waals surface area contributed by atoms with E-state index >= 15 is 0 Å². The predicted molar refractivity (Wildman–Crippen MR) is 47.2 cm³/mol. The molecule has 0 amide bonds. The minimum Gasteiger partial charge on any atom is -0.336 e. The van der Waals surface area contributed by atoms with Gasteiger partial charge in [-0.25, -0.2) is 0 Å². The van der Waals surface area contributed by atoms with E-state index < -0.39 is 0 Å². The number of Topliss-reactive ketones (excluding diaryl/α,β-unsaturated/α-hetero) is 1. The van der Waals surface area contributed by atoms with Gasteiger partial charge in [0.15, 0.2) is 0 Å². The summed E-state index contributed by atoms with van der Waals surface area (Å²) in [4.78, 5) is 11.2. The Kier molecular flexibility index (Phi) is 11.3. The summed E-state index contributed by atoms with van der Waals surface area (Å²) in [6, 6.07) is 0. The number of hydrogen-bond donors (Lipinski definition) is 0. The molecule has 11 heavy (non-hydrogen) atoms. The minimum absolute atomic E-state index is 0. The molecule has 1 unspecified atom stereocenters. The van der Waals surface area contributed by atoms with Crippen LogP contribution in [0, 0.1) is 6.92 Å². The molecule has 0 spiro atoms. The van der Waals surface area contributed by atoms with E-state index in [0.29, 0.717) is 17.7 Å². The van der Waals surface area contributed by atoms with Crippen LogP contribution in [-0.2, 0) is 22.2 Å². The van der Waals surface area contributed by atoms with Crippen molar-refractivity contribution in [3.8, 4) is 0 Å². The third-order valence-corrected chi connectivity index (χ3v) is 1.79. The van der Waals surface area contributed by atoms with E-state index in [0.717, 1.165) is 12.8 Å². The summed E-state index contributed by atoms with van der Waals surface area (Å²) in [5.74, 6) is 0.271. The van der Waals surface area contributed by atoms with Gasteiger partial charge in [-0.1, -0.05) is 22.9 Å². The van der Waals surface area contributed by atoms with E-state index in [-0.39, 0.29) is 23.1 Å². The van der Waals surface area contributed by atoms with E-state index in [9.17, 15) is 4.79 Å². The molecule has 0 N–H and O–H groups in total. The SMILES string of the molecule is [CH2-]CC(=O)CCCC(C)Br.[Cr]. The molecule has 3 heteroatoms. The maximum atomic E-state index is 10.7. The molecule has 0 saturated heterocycles. The number of hydrogen-bond acceptors (Lipinski definition) is 1. The molecule has 0 aliphatic rings. The van der Waals surface area contributed by atoms with E-state index in [2.05, 4.69) is 29.8 Å². The van der Waals surface area contributed by atoms with Crippen LogP contribution in [0.5, 0.6) is 0 Å². The quantitative estimate of drug-likeness (QED) is 0.547. The van der Waals surface area contributed by atoms with Crippen molar-refractivity contribution in [1.82, 2.24) is 0 Å². The van der Waals surface area contributed by atoms with Gasteiger partial charge in [0.05, 0.1) is 0 Å². The number of rotatable bonds is 5. The summed E-state index contributed by atoms with van der Waals surface area (Å²) in [5, 5.41) is 0. The number of carbonyl (C=O) groups is 1. The Morgan fingerprint density at radius 3 is 2.55 bits per heavy atom. The normalized spacial score (nSPS) is 11.9. The van der Waals surface area contributed by atoms with Crippen molar-refractivity contribution >= 4 is 21.7 Å². The molecule has 66 valence electrons. The molecule has 0 aliphatic carbocycles. The molecule has 0 radical (unpaired) electrons. The molecule has 1 nitrogen and oxygen atoms in total. The van der Waals surface area contributed by atoms with Crippen LogP contribution in [-0.4, -0.2) is 10.6 Å². The van der Waals surface area contributed by atoms with Crippen molar-refractivity contribution in [3.63, 3.8) is 0 Å². The second kappa shape index (κ2) is 8.78. The largest absolute Gasteiger partial charge is 0.336 e. The number of halogens is 1. The second-order valence-corrected chi connectivity index (χ2v) is 4.02. The molecule has 0 saturated carbocycles. The Morgan fingerprint density at radius 1 is 1.64 bits per heavy atom. The number of ketones is 1. The van der Waals surface area contributed by atoms with Gasteiger partial charge >= 0.3 is 0 Å². The van der Waals surface area contributed by atoms with Crippen molar-refractivity contribution in [2.45, 2.75) is 37.4 Å². The number of carbonyl (C=O) groups excluding carboxylic acids is 1. The Labute approximate surface area is 88.2 Å². The maximum Gasteiger partial charge on any atom is 0.103 e. The van der Waals surface area contributed by atoms with Gasteiger partial charge in [0, 0.05) is 28.6 Å². The van der Waals surface area contributed by atoms with Gasteiger partial charge < -0.3 is 11.7 Å². The van der Waals surface area contributed by atoms with Crippen LogP contribution in [0.15, 0.2) is 0 Å². The fourth-order valence-electron chi connectivity index (χ4n) is 0.706. The second-order valence-electron chi connectivity index (χ2n) is 2.46. The van der Waals surface area contributed by atoms with E-state index in [1.165, 1.54) is 0 Å². The average molecular weight is 258 g/mol. The Balaban J connectivity index is 0. The molecule has 0 aromatic carbocycles. The summed E-state index contributed by atoms with van der Waals surface area (Å²) in [6.07, 6.45) is 3.20. The summed E-state index contributed by atoms with van der Waals surface area (Å²) < 4.78 is 0. The molecular weight excluding hydrogens is 244 g/mol. The van der Waals surface area contributed by atoms with Crippen molar-refractivity contribution in [1.29, 1.82) is 0 Å². The molecule has 0 aromatic heterocycles. The van der Waals surface area contributed by atoms with Gasteiger partial charge in [-0.2, -0.15) is 0 Å². The monoisotopic (exact) mass is 257 g/mol. The molecule has 0 rings (SSSR count). The van der Waals surface area contributed by atoms with Gasteiger partial charge in [-0.3, -0.25) is 0 Å². The van der Waals surface area contributed by atoms with E-state index in [4.69, 9.17) is 0 Å². The molecule has 0 heterocycles. The van der Waals surface area contributed by atoms with E-state index in [1.54, 1.807) is 0 Å². The van der Waals surface area contributed by atoms with Crippen LogP contribution in [0.3, 0.4) is 0 Å². The Bertz CT molecular complexity index is 104. The third kappa shape index (κ3) is 10.7. The van der Waals surface area contributed by atoms with Crippen molar-refractivity contribution in [3.05, 3.63) is 6.92 Å². The van der Waals surface area contributed by atoms with Gasteiger partial charge in [-0.05, 0) is 12.8 Å². The van der Waals surface area contributed by atoms with Gasteiger partial charge in [0.25, 0.3) is 0 Å². The van der Waals surface area contributed by atoms with Crippen LogP contribution in [0.2, 0.25) is 0 Å². The summed E-state index contributed by atoms with van der Waals surface area (Å²) in [6.45, 7) is 5.61. The average Bonchev–Trinajstić information content (AvgIpc) is 1.87. The Hall–Kier alpha value is 0.682. The molecule has 0 bridgehead atoms. The first kappa shape index (κ1) is 14.2. The van der Waals surface area contributed by atoms with Crippen molar-refractivity contribution in [2.75, 3.05) is 0 Å². The smallest absolute Gasteiger partial charge is 0.103 e. The molecule has 0 fully saturated rings. The summed E-state index contributed by atoms with van der Waals surface area (Å²) in [7, 11) is 0. The third-order valence-electron chi connectivity index (χ3n) is 1.34. The number of alkyl halides is 1. The minimum atomic E-state index is 0. The zero-order valence-electron chi connectivity index (χ0n) is 6.81. The fourth-order valence-corrected chi connectivity index (χ4v) is 1.03. The fraction of sp³-hybridized carbons (Fsp3) is 0.750. The van der Waals surface area contributed by atoms with Crippen LogP contribution in [0.1, 0.15) is 32.6 Å². The van der Waals surface area contributed by atoms with Crippen molar-refractivity contribution in [2.24, 2.45) is 0 Å². The van der Waals surface area contributed by atoms with Gasteiger partial charge in [0.2, 0.25) is 0 Å². The van der Waals surface area contributed by atoms with Crippen LogP contribution < -0.4 is 0 Å². The van der Waals surface area contributed by atoms with Gasteiger partial charge in [0.1, 0.15) is 5.78 Å².